The van der Waals surface area contributed by atoms with E-state index in [1.54, 1.807) is 0 Å². The van der Waals surface area contributed by atoms with Crippen LogP contribution < -0.4 is 25.3 Å². The van der Waals surface area contributed by atoms with E-state index in [0.29, 0.717) is 48.7 Å². The maximum Gasteiger partial charge on any atom is 0.323 e. The molecule has 12 heteroatoms. The Kier molecular flexibility index (Phi) is 6.76. The molecule has 2 unspecified atom stereocenters. The van der Waals surface area contributed by atoms with Gasteiger partial charge in [0.05, 0.1) is 37.5 Å². The summed E-state index contributed by atoms with van der Waals surface area (Å²) < 4.78 is 11.6. The maximum atomic E-state index is 12.8. The molecule has 5 aliphatic heterocycles. The lowest BCUT2D eigenvalue weighted by atomic mass is 10.2. The van der Waals surface area contributed by atoms with Crippen molar-refractivity contribution in [1.82, 2.24) is 19.9 Å². The number of benzene rings is 2. The largest absolute Gasteiger partial charge is 0.374 e. The maximum absolute atomic E-state index is 12.8. The van der Waals surface area contributed by atoms with Gasteiger partial charge in [-0.3, -0.25) is 0 Å². The lowest BCUT2D eigenvalue weighted by Crippen LogP contribution is -2.44. The van der Waals surface area contributed by atoms with Crippen molar-refractivity contribution in [3.63, 3.8) is 0 Å². The number of morpholine rings is 2. The van der Waals surface area contributed by atoms with Crippen molar-refractivity contribution in [2.45, 2.75) is 37.1 Å². The summed E-state index contributed by atoms with van der Waals surface area (Å²) in [6, 6.07) is 16.0. The third-order valence-corrected chi connectivity index (χ3v) is 9.32. The number of urea groups is 1. The van der Waals surface area contributed by atoms with Gasteiger partial charge in [-0.1, -0.05) is 0 Å². The van der Waals surface area contributed by atoms with Gasteiger partial charge in [0.15, 0.2) is 5.82 Å². The van der Waals surface area contributed by atoms with Gasteiger partial charge in [0.25, 0.3) is 0 Å². The lowest BCUT2D eigenvalue weighted by molar-refractivity contribution is 0.0980. The summed E-state index contributed by atoms with van der Waals surface area (Å²) in [5, 5.41) is 5.87. The first kappa shape index (κ1) is 26.6. The van der Waals surface area contributed by atoms with Crippen molar-refractivity contribution in [3.8, 4) is 11.4 Å². The van der Waals surface area contributed by atoms with Crippen LogP contribution in [0.2, 0.25) is 0 Å². The number of rotatable bonds is 6. The molecule has 5 saturated heterocycles. The Hall–Kier alpha value is -4.00. The van der Waals surface area contributed by atoms with Crippen molar-refractivity contribution in [3.05, 3.63) is 48.5 Å². The molecule has 5 aliphatic rings. The Morgan fingerprint density at radius 2 is 1.28 bits per heavy atom. The van der Waals surface area contributed by atoms with Crippen molar-refractivity contribution < 1.29 is 14.3 Å². The van der Waals surface area contributed by atoms with Crippen LogP contribution in [0.5, 0.6) is 0 Å². The molecule has 1 aromatic heterocycles. The highest BCUT2D eigenvalue weighted by atomic mass is 16.5. The minimum atomic E-state index is -0.289. The SMILES string of the molecule is CN1CCN(c2ccc(NC(=O)Nc3ccc(-c4nc(N5CC6CC5CO6)nc(N5C[C@@H]6C[C@H]5CO6)n4)cc3)cc2)CC1. The van der Waals surface area contributed by atoms with Crippen LogP contribution in [0.4, 0.5) is 33.8 Å². The summed E-state index contributed by atoms with van der Waals surface area (Å²) in [5.41, 5.74) is 3.49. The minimum Gasteiger partial charge on any atom is -0.374 e. The van der Waals surface area contributed by atoms with Gasteiger partial charge in [0, 0.05) is 61.9 Å². The molecule has 12 nitrogen and oxygen atoms in total. The lowest BCUT2D eigenvalue weighted by Gasteiger charge is -2.34. The van der Waals surface area contributed by atoms with Crippen molar-refractivity contribution in [2.24, 2.45) is 0 Å². The number of hydrogen-bond donors (Lipinski definition) is 2. The minimum absolute atomic E-state index is 0.247. The molecule has 0 spiro atoms. The number of anilines is 5. The fourth-order valence-electron chi connectivity index (χ4n) is 6.85. The fourth-order valence-corrected chi connectivity index (χ4v) is 6.85. The zero-order chi connectivity index (χ0) is 28.9. The van der Waals surface area contributed by atoms with Crippen LogP contribution >= 0.6 is 0 Å². The van der Waals surface area contributed by atoms with Crippen molar-refractivity contribution >= 4 is 35.0 Å². The van der Waals surface area contributed by atoms with Crippen LogP contribution in [0.15, 0.2) is 48.5 Å². The molecule has 4 atom stereocenters. The quantitative estimate of drug-likeness (QED) is 0.450. The first-order chi connectivity index (χ1) is 21.0. The monoisotopic (exact) mass is 583 g/mol. The highest BCUT2D eigenvalue weighted by molar-refractivity contribution is 5.99. The molecule has 4 bridgehead atoms. The first-order valence-electron chi connectivity index (χ1n) is 15.3. The Morgan fingerprint density at radius 3 is 1.77 bits per heavy atom. The summed E-state index contributed by atoms with van der Waals surface area (Å²) in [7, 11) is 2.15. The number of fused-ring (bicyclic) bond motifs is 4. The van der Waals surface area contributed by atoms with E-state index < -0.39 is 0 Å². The number of aromatic nitrogens is 3. The van der Waals surface area contributed by atoms with Crippen LogP contribution in [0.3, 0.4) is 0 Å². The molecule has 224 valence electrons. The van der Waals surface area contributed by atoms with Crippen molar-refractivity contribution in [2.75, 3.05) is 84.9 Å². The number of nitrogens with zero attached hydrogens (tertiary/aromatic N) is 7. The number of likely N-dealkylation sites (N-methyl/N-ethyl adjacent to an activating group) is 1. The molecule has 2 N–H and O–H groups in total. The second-order valence-electron chi connectivity index (χ2n) is 12.2. The van der Waals surface area contributed by atoms with Crippen LogP contribution in [-0.4, -0.2) is 110 Å². The predicted molar refractivity (Wildman–Crippen MR) is 165 cm³/mol. The highest BCUT2D eigenvalue weighted by Crippen LogP contribution is 2.35. The van der Waals surface area contributed by atoms with Gasteiger partial charge in [0.1, 0.15) is 0 Å². The molecular weight excluding hydrogens is 546 g/mol. The summed E-state index contributed by atoms with van der Waals surface area (Å²) in [6.45, 7) is 7.17. The molecule has 6 heterocycles. The van der Waals surface area contributed by atoms with E-state index >= 15 is 0 Å². The van der Waals surface area contributed by atoms with Gasteiger partial charge in [-0.05, 0) is 68.4 Å². The number of carbonyl (C=O) groups excluding carboxylic acids is 1. The van der Waals surface area contributed by atoms with Crippen LogP contribution in [-0.2, 0) is 9.47 Å². The topological polar surface area (TPSA) is 111 Å². The molecule has 0 aliphatic carbocycles. The van der Waals surface area contributed by atoms with Crippen LogP contribution in [0, 0.1) is 0 Å². The standard InChI is InChI=1S/C31H37N9O3/c1-37-10-12-38(13-11-37)23-8-6-22(7-9-23)33-31(41)32-21-4-2-20(3-5-21)28-34-29(39-16-26-14-24(39)18-42-26)36-30(35-28)40-17-27-15-25(40)19-43-27/h2-9,24-27H,10-19H2,1H3,(H2,32,33,41)/t24-,25?,26-,27?/m0/s1. The normalized spacial score (nSPS) is 26.4. The Morgan fingerprint density at radius 1 is 0.744 bits per heavy atom. The Balaban J connectivity index is 0.958. The van der Waals surface area contributed by atoms with Crippen LogP contribution in [0.1, 0.15) is 12.8 Å². The zero-order valence-electron chi connectivity index (χ0n) is 24.4. The van der Waals surface area contributed by atoms with Gasteiger partial charge in [-0.25, -0.2) is 4.79 Å². The third-order valence-electron chi connectivity index (χ3n) is 9.32. The van der Waals surface area contributed by atoms with Crippen LogP contribution in [0.25, 0.3) is 11.4 Å². The summed E-state index contributed by atoms with van der Waals surface area (Å²) in [6.07, 6.45) is 2.52. The molecule has 43 heavy (non-hydrogen) atoms. The highest BCUT2D eigenvalue weighted by Gasteiger charge is 2.43. The predicted octanol–water partition coefficient (Wildman–Crippen LogP) is 2.89. The van der Waals surface area contributed by atoms with Crippen molar-refractivity contribution in [1.29, 1.82) is 0 Å². The number of ether oxygens (including phenoxy) is 2. The fraction of sp³-hybridized carbons (Fsp3) is 0.484. The van der Waals surface area contributed by atoms with E-state index in [1.165, 1.54) is 5.69 Å². The van der Waals surface area contributed by atoms with Gasteiger partial charge in [0.2, 0.25) is 11.9 Å². The number of carbonyl (C=O) groups is 1. The molecule has 2 amide bonds. The van der Waals surface area contributed by atoms with E-state index in [2.05, 4.69) is 49.4 Å². The average molecular weight is 584 g/mol. The average Bonchev–Trinajstić information content (AvgIpc) is 3.85. The van der Waals surface area contributed by atoms with Gasteiger partial charge < -0.3 is 39.7 Å². The number of hydrogen-bond acceptors (Lipinski definition) is 10. The molecule has 5 fully saturated rings. The number of amides is 2. The second kappa shape index (κ2) is 10.9. The zero-order valence-corrected chi connectivity index (χ0v) is 24.4. The van der Waals surface area contributed by atoms with Gasteiger partial charge >= 0.3 is 6.03 Å². The van der Waals surface area contributed by atoms with E-state index in [4.69, 9.17) is 24.4 Å². The molecule has 2 aromatic carbocycles. The number of piperazine rings is 1. The number of nitrogens with one attached hydrogen (secondary N) is 2. The molecule has 3 aromatic rings. The molecule has 0 radical (unpaired) electrons. The van der Waals surface area contributed by atoms with Gasteiger partial charge in [-0.2, -0.15) is 15.0 Å². The summed E-state index contributed by atoms with van der Waals surface area (Å²) in [4.78, 5) is 36.8. The third kappa shape index (κ3) is 5.34. The summed E-state index contributed by atoms with van der Waals surface area (Å²) >= 11 is 0. The van der Waals surface area contributed by atoms with E-state index in [-0.39, 0.29) is 18.2 Å². The van der Waals surface area contributed by atoms with Gasteiger partial charge in [-0.15, -0.1) is 0 Å². The molecular formula is C31H37N9O3. The van der Waals surface area contributed by atoms with E-state index in [0.717, 1.165) is 63.4 Å². The Labute approximate surface area is 251 Å². The summed E-state index contributed by atoms with van der Waals surface area (Å²) in [5.74, 6) is 2.04. The van der Waals surface area contributed by atoms with E-state index in [1.807, 2.05) is 36.4 Å². The Bertz CT molecular complexity index is 1430. The smallest absolute Gasteiger partial charge is 0.323 e. The molecule has 0 saturated carbocycles. The molecule has 8 rings (SSSR count). The van der Waals surface area contributed by atoms with E-state index in [9.17, 15) is 4.79 Å². The first-order valence-corrected chi connectivity index (χ1v) is 15.3. The second-order valence-corrected chi connectivity index (χ2v) is 12.2.